The van der Waals surface area contributed by atoms with Crippen LogP contribution in [0.2, 0.25) is 0 Å². The van der Waals surface area contributed by atoms with Crippen molar-refractivity contribution >= 4 is 22.9 Å². The van der Waals surface area contributed by atoms with Crippen LogP contribution >= 0.6 is 0 Å². The molecular weight excluding hydrogens is 330 g/mol. The van der Waals surface area contributed by atoms with E-state index < -0.39 is 5.97 Å². The molecule has 1 amide bonds. The molecule has 2 aliphatic rings. The lowest BCUT2D eigenvalue weighted by molar-refractivity contribution is 0.0683. The highest BCUT2D eigenvalue weighted by Gasteiger charge is 2.30. The molecule has 1 aromatic carbocycles. The molecule has 0 spiro atoms. The number of aromatic nitrogens is 1. The summed E-state index contributed by atoms with van der Waals surface area (Å²) in [6, 6.07) is 9.25. The molecule has 4 rings (SSSR count). The number of aromatic carboxylic acids is 1. The van der Waals surface area contributed by atoms with E-state index in [9.17, 15) is 14.7 Å². The summed E-state index contributed by atoms with van der Waals surface area (Å²) in [5.74, 6) is -1.07. The fourth-order valence-corrected chi connectivity index (χ4v) is 4.37. The van der Waals surface area contributed by atoms with Crippen molar-refractivity contribution in [3.63, 3.8) is 0 Å². The Labute approximate surface area is 153 Å². The second-order valence-corrected chi connectivity index (χ2v) is 7.33. The number of carbonyl (C=O) groups excluding carboxylic acids is 1. The Hall–Kier alpha value is -2.34. The summed E-state index contributed by atoms with van der Waals surface area (Å²) >= 11 is 0. The van der Waals surface area contributed by atoms with E-state index in [1.54, 1.807) is 17.0 Å². The number of carboxylic acids is 1. The number of amides is 1. The topological polar surface area (TPSA) is 65.8 Å². The smallest absolute Gasteiger partial charge is 0.353 e. The molecule has 0 unspecified atom stereocenters. The number of likely N-dealkylation sites (tertiary alicyclic amines) is 2. The van der Waals surface area contributed by atoms with E-state index in [-0.39, 0.29) is 11.7 Å². The van der Waals surface area contributed by atoms with E-state index in [1.807, 2.05) is 18.2 Å². The van der Waals surface area contributed by atoms with Crippen LogP contribution in [-0.4, -0.2) is 63.7 Å². The van der Waals surface area contributed by atoms with Crippen LogP contribution in [0.15, 0.2) is 30.3 Å². The third kappa shape index (κ3) is 3.09. The maximum atomic E-state index is 13.1. The minimum Gasteiger partial charge on any atom is -0.477 e. The van der Waals surface area contributed by atoms with Crippen molar-refractivity contribution in [2.45, 2.75) is 38.1 Å². The van der Waals surface area contributed by atoms with Crippen molar-refractivity contribution in [1.82, 2.24) is 14.4 Å². The van der Waals surface area contributed by atoms with Crippen LogP contribution < -0.4 is 0 Å². The summed E-state index contributed by atoms with van der Waals surface area (Å²) in [6.45, 7) is 3.71. The largest absolute Gasteiger partial charge is 0.477 e. The van der Waals surface area contributed by atoms with Crippen LogP contribution in [0.3, 0.4) is 0 Å². The molecule has 0 atom stereocenters. The van der Waals surface area contributed by atoms with Gasteiger partial charge in [-0.1, -0.05) is 24.6 Å². The number of para-hydroxylation sites is 1. The number of nitrogens with zero attached hydrogens (tertiary/aromatic N) is 3. The van der Waals surface area contributed by atoms with Crippen molar-refractivity contribution < 1.29 is 14.7 Å². The van der Waals surface area contributed by atoms with E-state index in [0.29, 0.717) is 24.6 Å². The molecule has 0 bridgehead atoms. The maximum absolute atomic E-state index is 13.1. The highest BCUT2D eigenvalue weighted by molar-refractivity contribution is 6.01. The number of carboxylic acid groups (broad SMARTS) is 1. The second-order valence-electron chi connectivity index (χ2n) is 7.33. The molecule has 3 heterocycles. The van der Waals surface area contributed by atoms with Crippen molar-refractivity contribution in [1.29, 1.82) is 0 Å². The van der Waals surface area contributed by atoms with Gasteiger partial charge >= 0.3 is 12.0 Å². The van der Waals surface area contributed by atoms with Crippen molar-refractivity contribution in [3.05, 3.63) is 36.0 Å². The van der Waals surface area contributed by atoms with Crippen LogP contribution in [-0.2, 0) is 0 Å². The van der Waals surface area contributed by atoms with Crippen LogP contribution in [0.5, 0.6) is 0 Å². The molecular formula is C20H25N3O3. The van der Waals surface area contributed by atoms with Gasteiger partial charge in [0, 0.05) is 24.5 Å². The third-order valence-electron chi connectivity index (χ3n) is 5.76. The SMILES string of the molecule is O=C(O)c1cc2ccccc2n1C(=O)N1CCC(N2CCCCC2)CC1. The number of rotatable bonds is 2. The van der Waals surface area contributed by atoms with E-state index in [1.165, 1.54) is 36.9 Å². The Bertz CT molecular complexity index is 815. The summed E-state index contributed by atoms with van der Waals surface area (Å²) in [6.07, 6.45) is 5.81. The lowest BCUT2D eigenvalue weighted by Gasteiger charge is -2.40. The number of piperidine rings is 2. The van der Waals surface area contributed by atoms with Crippen molar-refractivity contribution in [2.75, 3.05) is 26.2 Å². The molecule has 6 nitrogen and oxygen atoms in total. The first kappa shape index (κ1) is 17.1. The first-order valence-electron chi connectivity index (χ1n) is 9.52. The predicted octanol–water partition coefficient (Wildman–Crippen LogP) is 3.26. The molecule has 6 heteroatoms. The Kier molecular flexibility index (Phi) is 4.68. The zero-order valence-corrected chi connectivity index (χ0v) is 14.9. The van der Waals surface area contributed by atoms with Crippen molar-refractivity contribution in [2.24, 2.45) is 0 Å². The van der Waals surface area contributed by atoms with Gasteiger partial charge in [-0.05, 0) is 50.9 Å². The lowest BCUT2D eigenvalue weighted by Crippen LogP contribution is -2.49. The quantitative estimate of drug-likeness (QED) is 0.898. The molecule has 1 aromatic heterocycles. The molecule has 2 fully saturated rings. The molecule has 2 aromatic rings. The Morgan fingerprint density at radius 2 is 1.65 bits per heavy atom. The lowest BCUT2D eigenvalue weighted by atomic mass is 10.00. The fourth-order valence-electron chi connectivity index (χ4n) is 4.37. The number of carbonyl (C=O) groups is 2. The third-order valence-corrected chi connectivity index (χ3v) is 5.76. The molecule has 0 radical (unpaired) electrons. The van der Waals surface area contributed by atoms with Gasteiger partial charge in [-0.15, -0.1) is 0 Å². The standard InChI is InChI=1S/C20H25N3O3/c24-19(25)18-14-15-6-2-3-7-17(15)23(18)20(26)22-12-8-16(9-13-22)21-10-4-1-5-11-21/h2-3,6-7,14,16H,1,4-5,8-13H2,(H,24,25). The number of hydrogen-bond acceptors (Lipinski definition) is 3. The van der Waals surface area contributed by atoms with E-state index >= 15 is 0 Å². The zero-order valence-electron chi connectivity index (χ0n) is 14.9. The van der Waals surface area contributed by atoms with E-state index in [0.717, 1.165) is 18.2 Å². The number of fused-ring (bicyclic) bond motifs is 1. The van der Waals surface area contributed by atoms with Gasteiger partial charge in [0.05, 0.1) is 5.52 Å². The van der Waals surface area contributed by atoms with Gasteiger partial charge in [0.25, 0.3) is 0 Å². The first-order valence-corrected chi connectivity index (χ1v) is 9.52. The molecule has 0 saturated carbocycles. The highest BCUT2D eigenvalue weighted by Crippen LogP contribution is 2.24. The fraction of sp³-hybridized carbons (Fsp3) is 0.500. The first-order chi connectivity index (χ1) is 12.6. The van der Waals surface area contributed by atoms with Crippen LogP contribution in [0.25, 0.3) is 10.9 Å². The van der Waals surface area contributed by atoms with Crippen molar-refractivity contribution in [3.8, 4) is 0 Å². The number of hydrogen-bond donors (Lipinski definition) is 1. The van der Waals surface area contributed by atoms with Crippen LogP contribution in [0.1, 0.15) is 42.6 Å². The van der Waals surface area contributed by atoms with E-state index in [4.69, 9.17) is 0 Å². The van der Waals surface area contributed by atoms with Gasteiger partial charge in [-0.2, -0.15) is 0 Å². The Balaban J connectivity index is 1.53. The van der Waals surface area contributed by atoms with Crippen LogP contribution in [0, 0.1) is 0 Å². The van der Waals surface area contributed by atoms with Gasteiger partial charge in [-0.25, -0.2) is 9.59 Å². The molecule has 138 valence electrons. The Morgan fingerprint density at radius 1 is 0.962 bits per heavy atom. The molecule has 26 heavy (non-hydrogen) atoms. The predicted molar refractivity (Wildman–Crippen MR) is 99.7 cm³/mol. The van der Waals surface area contributed by atoms with E-state index in [2.05, 4.69) is 4.90 Å². The zero-order chi connectivity index (χ0) is 18.1. The van der Waals surface area contributed by atoms with Gasteiger partial charge in [0.2, 0.25) is 0 Å². The van der Waals surface area contributed by atoms with Gasteiger partial charge in [-0.3, -0.25) is 4.57 Å². The second kappa shape index (κ2) is 7.11. The average molecular weight is 355 g/mol. The summed E-state index contributed by atoms with van der Waals surface area (Å²) in [4.78, 5) is 29.1. The summed E-state index contributed by atoms with van der Waals surface area (Å²) < 4.78 is 1.36. The minimum atomic E-state index is -1.07. The average Bonchev–Trinajstić information content (AvgIpc) is 3.08. The minimum absolute atomic E-state index is 0.0364. The summed E-state index contributed by atoms with van der Waals surface area (Å²) in [5, 5.41) is 10.3. The van der Waals surface area contributed by atoms with Gasteiger partial charge in [0.15, 0.2) is 0 Å². The van der Waals surface area contributed by atoms with Gasteiger partial charge < -0.3 is 14.9 Å². The van der Waals surface area contributed by atoms with Gasteiger partial charge in [0.1, 0.15) is 5.69 Å². The highest BCUT2D eigenvalue weighted by atomic mass is 16.4. The summed E-state index contributed by atoms with van der Waals surface area (Å²) in [7, 11) is 0. The Morgan fingerprint density at radius 3 is 2.35 bits per heavy atom. The molecule has 0 aliphatic carbocycles. The molecule has 2 aliphatic heterocycles. The summed E-state index contributed by atoms with van der Waals surface area (Å²) in [5.41, 5.74) is 0.697. The molecule has 2 saturated heterocycles. The molecule has 1 N–H and O–H groups in total. The maximum Gasteiger partial charge on any atom is 0.353 e. The number of benzene rings is 1. The normalized spacial score (nSPS) is 19.8. The van der Waals surface area contributed by atoms with Crippen LogP contribution in [0.4, 0.5) is 4.79 Å². The monoisotopic (exact) mass is 355 g/mol.